The third-order valence-electron chi connectivity index (χ3n) is 2.93. The number of phenols is 1. The van der Waals surface area contributed by atoms with E-state index in [9.17, 15) is 14.7 Å². The third kappa shape index (κ3) is 3.20. The standard InChI is InChI=1S/C14H15NO5S/c1-19-7-6-15-13(17)11(21-14(15)18)8-9-4-3-5-10(20-2)12(9)16/h3-5,8,16H,6-7H2,1-2H3/b11-8-. The van der Waals surface area contributed by atoms with Gasteiger partial charge in [0.15, 0.2) is 11.5 Å². The summed E-state index contributed by atoms with van der Waals surface area (Å²) in [5, 5.41) is 9.66. The summed E-state index contributed by atoms with van der Waals surface area (Å²) in [6.07, 6.45) is 1.48. The van der Waals surface area contributed by atoms with E-state index in [1.165, 1.54) is 20.3 Å². The van der Waals surface area contributed by atoms with Crippen LogP contribution in [0.4, 0.5) is 4.79 Å². The molecule has 1 fully saturated rings. The minimum absolute atomic E-state index is 0.0660. The largest absolute Gasteiger partial charge is 0.504 e. The SMILES string of the molecule is COCCN1C(=O)S/C(=C\c2cccc(OC)c2O)C1=O. The van der Waals surface area contributed by atoms with E-state index in [0.29, 0.717) is 11.3 Å². The van der Waals surface area contributed by atoms with Gasteiger partial charge in [0.05, 0.1) is 25.2 Å². The van der Waals surface area contributed by atoms with Crippen LogP contribution in [0.5, 0.6) is 11.5 Å². The number of hydrogen-bond acceptors (Lipinski definition) is 6. The Bertz CT molecular complexity index is 599. The lowest BCUT2D eigenvalue weighted by Gasteiger charge is -2.10. The molecule has 0 aromatic heterocycles. The highest BCUT2D eigenvalue weighted by Gasteiger charge is 2.34. The van der Waals surface area contributed by atoms with Crippen molar-refractivity contribution in [2.75, 3.05) is 27.4 Å². The molecule has 21 heavy (non-hydrogen) atoms. The number of amides is 2. The molecule has 6 nitrogen and oxygen atoms in total. The molecule has 0 bridgehead atoms. The van der Waals surface area contributed by atoms with Crippen LogP contribution in [0.15, 0.2) is 23.1 Å². The van der Waals surface area contributed by atoms with Gasteiger partial charge in [0.2, 0.25) is 0 Å². The summed E-state index contributed by atoms with van der Waals surface area (Å²) in [4.78, 5) is 25.3. The molecule has 1 aromatic carbocycles. The van der Waals surface area contributed by atoms with Crippen LogP contribution in [0.3, 0.4) is 0 Å². The molecule has 0 atom stereocenters. The summed E-state index contributed by atoms with van der Waals surface area (Å²) in [5.74, 6) is -0.143. The topological polar surface area (TPSA) is 76.1 Å². The Morgan fingerprint density at radius 1 is 1.33 bits per heavy atom. The molecule has 7 heteroatoms. The van der Waals surface area contributed by atoms with Gasteiger partial charge in [0.1, 0.15) is 0 Å². The number of ether oxygens (including phenoxy) is 2. The van der Waals surface area contributed by atoms with Gasteiger partial charge in [-0.25, -0.2) is 0 Å². The van der Waals surface area contributed by atoms with Gasteiger partial charge >= 0.3 is 0 Å². The first-order valence-corrected chi connectivity index (χ1v) is 7.00. The minimum Gasteiger partial charge on any atom is -0.504 e. The summed E-state index contributed by atoms with van der Waals surface area (Å²) in [6, 6.07) is 4.94. The van der Waals surface area contributed by atoms with Gasteiger partial charge in [0, 0.05) is 12.7 Å². The Balaban J connectivity index is 2.27. The van der Waals surface area contributed by atoms with Crippen LogP contribution in [0.2, 0.25) is 0 Å². The van der Waals surface area contributed by atoms with Gasteiger partial charge in [-0.2, -0.15) is 0 Å². The molecule has 1 aliphatic heterocycles. The molecular weight excluding hydrogens is 294 g/mol. The van der Waals surface area contributed by atoms with Crippen molar-refractivity contribution in [3.05, 3.63) is 28.7 Å². The van der Waals surface area contributed by atoms with Crippen molar-refractivity contribution >= 4 is 29.0 Å². The highest BCUT2D eigenvalue weighted by Crippen LogP contribution is 2.36. The van der Waals surface area contributed by atoms with Gasteiger partial charge in [-0.3, -0.25) is 14.5 Å². The van der Waals surface area contributed by atoms with Crippen molar-refractivity contribution in [2.24, 2.45) is 0 Å². The highest BCUT2D eigenvalue weighted by molar-refractivity contribution is 8.18. The first-order chi connectivity index (χ1) is 10.1. The molecule has 0 aliphatic carbocycles. The summed E-state index contributed by atoms with van der Waals surface area (Å²) < 4.78 is 9.88. The predicted octanol–water partition coefficient (Wildman–Crippen LogP) is 2.08. The van der Waals surface area contributed by atoms with Gasteiger partial charge in [-0.1, -0.05) is 12.1 Å². The fourth-order valence-electron chi connectivity index (χ4n) is 1.84. The van der Waals surface area contributed by atoms with Gasteiger partial charge in [-0.05, 0) is 23.9 Å². The second kappa shape index (κ2) is 6.64. The Morgan fingerprint density at radius 3 is 2.76 bits per heavy atom. The maximum atomic E-state index is 12.1. The van der Waals surface area contributed by atoms with E-state index in [2.05, 4.69) is 0 Å². The van der Waals surface area contributed by atoms with Crippen molar-refractivity contribution in [2.45, 2.75) is 0 Å². The average molecular weight is 309 g/mol. The second-order valence-electron chi connectivity index (χ2n) is 4.22. The van der Waals surface area contributed by atoms with E-state index >= 15 is 0 Å². The quantitative estimate of drug-likeness (QED) is 0.839. The van der Waals surface area contributed by atoms with Crippen LogP contribution in [-0.2, 0) is 9.53 Å². The maximum absolute atomic E-state index is 12.1. The molecule has 1 saturated heterocycles. The lowest BCUT2D eigenvalue weighted by atomic mass is 10.1. The van der Waals surface area contributed by atoms with E-state index in [1.807, 2.05) is 0 Å². The Hall–Kier alpha value is -1.99. The van der Waals surface area contributed by atoms with Crippen molar-refractivity contribution in [3.63, 3.8) is 0 Å². The average Bonchev–Trinajstić information content (AvgIpc) is 2.74. The van der Waals surface area contributed by atoms with E-state index in [0.717, 1.165) is 16.7 Å². The molecule has 112 valence electrons. The summed E-state index contributed by atoms with van der Waals surface area (Å²) in [6.45, 7) is 0.498. The lowest BCUT2D eigenvalue weighted by Crippen LogP contribution is -2.31. The van der Waals surface area contributed by atoms with Crippen molar-refractivity contribution in [1.29, 1.82) is 0 Å². The van der Waals surface area contributed by atoms with Crippen LogP contribution >= 0.6 is 11.8 Å². The van der Waals surface area contributed by atoms with Gasteiger partial charge in [0.25, 0.3) is 11.1 Å². The summed E-state index contributed by atoms with van der Waals surface area (Å²) >= 11 is 0.840. The van der Waals surface area contributed by atoms with Crippen molar-refractivity contribution in [1.82, 2.24) is 4.90 Å². The molecule has 2 amide bonds. The number of hydrogen-bond donors (Lipinski definition) is 1. The van der Waals surface area contributed by atoms with Crippen LogP contribution in [-0.4, -0.2) is 48.5 Å². The molecule has 1 N–H and O–H groups in total. The Kier molecular flexibility index (Phi) is 4.87. The molecule has 1 aromatic rings. The number of nitrogens with zero attached hydrogens (tertiary/aromatic N) is 1. The monoisotopic (exact) mass is 309 g/mol. The molecule has 2 rings (SSSR count). The molecule has 1 aliphatic rings. The number of aromatic hydroxyl groups is 1. The number of carbonyl (C=O) groups is 2. The zero-order valence-electron chi connectivity index (χ0n) is 11.7. The molecular formula is C14H15NO5S. The number of imide groups is 1. The minimum atomic E-state index is -0.385. The number of rotatable bonds is 5. The number of benzene rings is 1. The predicted molar refractivity (Wildman–Crippen MR) is 79.2 cm³/mol. The first kappa shape index (κ1) is 15.4. The lowest BCUT2D eigenvalue weighted by molar-refractivity contribution is -0.123. The molecule has 0 unspecified atom stereocenters. The fourth-order valence-corrected chi connectivity index (χ4v) is 2.69. The molecule has 0 saturated carbocycles. The Labute approximate surface area is 126 Å². The van der Waals surface area contributed by atoms with E-state index < -0.39 is 0 Å². The molecule has 1 heterocycles. The van der Waals surface area contributed by atoms with Crippen molar-refractivity contribution in [3.8, 4) is 11.5 Å². The number of para-hydroxylation sites is 1. The van der Waals surface area contributed by atoms with E-state index in [4.69, 9.17) is 9.47 Å². The van der Waals surface area contributed by atoms with Crippen LogP contribution < -0.4 is 4.74 Å². The number of carbonyl (C=O) groups excluding carboxylic acids is 2. The van der Waals surface area contributed by atoms with E-state index in [1.54, 1.807) is 18.2 Å². The smallest absolute Gasteiger partial charge is 0.293 e. The van der Waals surface area contributed by atoms with Gasteiger partial charge in [-0.15, -0.1) is 0 Å². The summed E-state index contributed by atoms with van der Waals surface area (Å²) in [5.41, 5.74) is 0.423. The molecule has 0 spiro atoms. The van der Waals surface area contributed by atoms with E-state index in [-0.39, 0.29) is 35.0 Å². The highest BCUT2D eigenvalue weighted by atomic mass is 32.2. The second-order valence-corrected chi connectivity index (χ2v) is 5.22. The first-order valence-electron chi connectivity index (χ1n) is 6.18. The number of thioether (sulfide) groups is 1. The normalized spacial score (nSPS) is 16.9. The molecule has 0 radical (unpaired) electrons. The van der Waals surface area contributed by atoms with Crippen LogP contribution in [0, 0.1) is 0 Å². The van der Waals surface area contributed by atoms with Crippen LogP contribution in [0.1, 0.15) is 5.56 Å². The van der Waals surface area contributed by atoms with Gasteiger partial charge < -0.3 is 14.6 Å². The van der Waals surface area contributed by atoms with Crippen LogP contribution in [0.25, 0.3) is 6.08 Å². The summed E-state index contributed by atoms with van der Waals surface area (Å²) in [7, 11) is 2.95. The van der Waals surface area contributed by atoms with Crippen molar-refractivity contribution < 1.29 is 24.2 Å². The number of phenolic OH excluding ortho intramolecular Hbond substituents is 1. The maximum Gasteiger partial charge on any atom is 0.293 e. The number of methoxy groups -OCH3 is 2. The zero-order valence-corrected chi connectivity index (χ0v) is 12.5. The zero-order chi connectivity index (χ0) is 15.4. The fraction of sp³-hybridized carbons (Fsp3) is 0.286. The third-order valence-corrected chi connectivity index (χ3v) is 3.84. The Morgan fingerprint density at radius 2 is 2.10 bits per heavy atom.